The fourth-order valence-corrected chi connectivity index (χ4v) is 3.91. The zero-order valence-corrected chi connectivity index (χ0v) is 16.0. The van der Waals surface area contributed by atoms with Gasteiger partial charge in [-0.15, -0.1) is 0 Å². The summed E-state index contributed by atoms with van der Waals surface area (Å²) in [6, 6.07) is 8.01. The standard InChI is InChI=1S/C22H30N2O2/c1-3-4-12-24(22(26)17-8-6-5-7-9-17)15-19-14-18-11-10-16(2)13-20(18)23-21(19)25/h10-11,13-14,17H,3-9,12,15H2,1-2H3,(H,23,25). The molecule has 1 saturated carbocycles. The third-order valence-corrected chi connectivity index (χ3v) is 5.49. The number of H-pyrrole nitrogens is 1. The Morgan fingerprint density at radius 3 is 2.69 bits per heavy atom. The second kappa shape index (κ2) is 8.52. The van der Waals surface area contributed by atoms with E-state index in [-0.39, 0.29) is 17.4 Å². The maximum atomic E-state index is 13.0. The molecule has 1 aromatic heterocycles. The summed E-state index contributed by atoms with van der Waals surface area (Å²) < 4.78 is 0. The molecule has 3 rings (SSSR count). The molecule has 1 heterocycles. The molecular weight excluding hydrogens is 324 g/mol. The van der Waals surface area contributed by atoms with Gasteiger partial charge in [-0.25, -0.2) is 0 Å². The Labute approximate surface area is 155 Å². The van der Waals surface area contributed by atoms with E-state index >= 15 is 0 Å². The molecule has 1 aromatic carbocycles. The van der Waals surface area contributed by atoms with Crippen LogP contribution in [0.4, 0.5) is 0 Å². The van der Waals surface area contributed by atoms with E-state index in [1.165, 1.54) is 6.42 Å². The van der Waals surface area contributed by atoms with Crippen LogP contribution in [0.5, 0.6) is 0 Å². The predicted molar refractivity (Wildman–Crippen MR) is 106 cm³/mol. The highest BCUT2D eigenvalue weighted by atomic mass is 16.2. The van der Waals surface area contributed by atoms with E-state index in [0.717, 1.165) is 61.5 Å². The van der Waals surface area contributed by atoms with Gasteiger partial charge < -0.3 is 9.88 Å². The van der Waals surface area contributed by atoms with Crippen molar-refractivity contribution in [3.8, 4) is 0 Å². The van der Waals surface area contributed by atoms with Gasteiger partial charge in [0.05, 0.1) is 6.54 Å². The molecule has 1 aliphatic rings. The molecule has 1 fully saturated rings. The van der Waals surface area contributed by atoms with E-state index in [4.69, 9.17) is 0 Å². The number of hydrogen-bond acceptors (Lipinski definition) is 2. The molecule has 1 amide bonds. The fraction of sp³-hybridized carbons (Fsp3) is 0.545. The van der Waals surface area contributed by atoms with E-state index in [1.54, 1.807) is 0 Å². The molecule has 1 N–H and O–H groups in total. The van der Waals surface area contributed by atoms with Crippen LogP contribution in [0.25, 0.3) is 10.9 Å². The van der Waals surface area contributed by atoms with Crippen LogP contribution < -0.4 is 5.56 Å². The van der Waals surface area contributed by atoms with Crippen LogP contribution >= 0.6 is 0 Å². The number of carbonyl (C=O) groups is 1. The second-order valence-electron chi connectivity index (χ2n) is 7.66. The van der Waals surface area contributed by atoms with Gasteiger partial charge in [0, 0.05) is 23.5 Å². The quantitative estimate of drug-likeness (QED) is 0.827. The van der Waals surface area contributed by atoms with E-state index in [1.807, 2.05) is 36.1 Å². The van der Waals surface area contributed by atoms with E-state index < -0.39 is 0 Å². The number of unbranched alkanes of at least 4 members (excludes halogenated alkanes) is 1. The highest BCUT2D eigenvalue weighted by Gasteiger charge is 2.26. The Balaban J connectivity index is 1.84. The lowest BCUT2D eigenvalue weighted by molar-refractivity contribution is -0.137. The minimum Gasteiger partial charge on any atom is -0.338 e. The van der Waals surface area contributed by atoms with Crippen LogP contribution in [0, 0.1) is 12.8 Å². The van der Waals surface area contributed by atoms with Crippen molar-refractivity contribution in [2.24, 2.45) is 5.92 Å². The lowest BCUT2D eigenvalue weighted by atomic mass is 9.88. The summed E-state index contributed by atoms with van der Waals surface area (Å²) in [5.41, 5.74) is 2.58. The van der Waals surface area contributed by atoms with E-state index in [0.29, 0.717) is 12.1 Å². The Morgan fingerprint density at radius 2 is 1.96 bits per heavy atom. The van der Waals surface area contributed by atoms with Gasteiger partial charge in [0.1, 0.15) is 0 Å². The Bertz CT molecular complexity index is 818. The molecular formula is C22H30N2O2. The SMILES string of the molecule is CCCCN(Cc1cc2ccc(C)cc2[nH]c1=O)C(=O)C1CCCCC1. The highest BCUT2D eigenvalue weighted by Crippen LogP contribution is 2.26. The number of carbonyl (C=O) groups excluding carboxylic acids is 1. The first-order chi connectivity index (χ1) is 12.6. The summed E-state index contributed by atoms with van der Waals surface area (Å²) in [7, 11) is 0. The van der Waals surface area contributed by atoms with Crippen molar-refractivity contribution < 1.29 is 4.79 Å². The van der Waals surface area contributed by atoms with Crippen molar-refractivity contribution in [2.75, 3.05) is 6.54 Å². The van der Waals surface area contributed by atoms with Crippen LogP contribution in [-0.2, 0) is 11.3 Å². The summed E-state index contributed by atoms with van der Waals surface area (Å²) in [6.07, 6.45) is 7.54. The maximum Gasteiger partial charge on any atom is 0.253 e. The maximum absolute atomic E-state index is 13.0. The van der Waals surface area contributed by atoms with Crippen molar-refractivity contribution in [3.63, 3.8) is 0 Å². The Morgan fingerprint density at radius 1 is 1.19 bits per heavy atom. The average Bonchev–Trinajstić information content (AvgIpc) is 2.65. The number of aromatic amines is 1. The Hall–Kier alpha value is -2.10. The van der Waals surface area contributed by atoms with Crippen molar-refractivity contribution in [2.45, 2.75) is 65.3 Å². The molecule has 0 bridgehead atoms. The molecule has 0 atom stereocenters. The number of rotatable bonds is 6. The number of fused-ring (bicyclic) bond motifs is 1. The van der Waals surface area contributed by atoms with Gasteiger partial charge >= 0.3 is 0 Å². The van der Waals surface area contributed by atoms with Crippen molar-refractivity contribution in [1.29, 1.82) is 0 Å². The number of amides is 1. The van der Waals surface area contributed by atoms with Gasteiger partial charge in [-0.3, -0.25) is 9.59 Å². The predicted octanol–water partition coefficient (Wildman–Crippen LogP) is 4.55. The summed E-state index contributed by atoms with van der Waals surface area (Å²) in [6.45, 7) is 5.29. The lowest BCUT2D eigenvalue weighted by Gasteiger charge is -2.29. The zero-order valence-electron chi connectivity index (χ0n) is 16.0. The minimum absolute atomic E-state index is 0.0824. The number of aryl methyl sites for hydroxylation is 1. The topological polar surface area (TPSA) is 53.2 Å². The first-order valence-corrected chi connectivity index (χ1v) is 10.00. The van der Waals surface area contributed by atoms with Crippen LogP contribution in [0.1, 0.15) is 63.0 Å². The third-order valence-electron chi connectivity index (χ3n) is 5.49. The van der Waals surface area contributed by atoms with Gasteiger partial charge in [0.2, 0.25) is 5.91 Å². The Kier molecular flexibility index (Phi) is 6.12. The molecule has 0 aliphatic heterocycles. The molecule has 26 heavy (non-hydrogen) atoms. The monoisotopic (exact) mass is 354 g/mol. The smallest absolute Gasteiger partial charge is 0.253 e. The molecule has 0 spiro atoms. The highest BCUT2D eigenvalue weighted by molar-refractivity contribution is 5.81. The van der Waals surface area contributed by atoms with Crippen LogP contribution in [0.3, 0.4) is 0 Å². The molecule has 0 unspecified atom stereocenters. The first-order valence-electron chi connectivity index (χ1n) is 10.00. The normalized spacial score (nSPS) is 15.3. The van der Waals surface area contributed by atoms with Crippen LogP contribution in [-0.4, -0.2) is 22.3 Å². The van der Waals surface area contributed by atoms with Gasteiger partial charge in [0.15, 0.2) is 0 Å². The van der Waals surface area contributed by atoms with Gasteiger partial charge in [-0.05, 0) is 49.3 Å². The van der Waals surface area contributed by atoms with Crippen LogP contribution in [0.15, 0.2) is 29.1 Å². The first kappa shape index (κ1) is 18.7. The van der Waals surface area contributed by atoms with Gasteiger partial charge in [0.25, 0.3) is 5.56 Å². The molecule has 0 radical (unpaired) electrons. The fourth-order valence-electron chi connectivity index (χ4n) is 3.91. The number of hydrogen-bond donors (Lipinski definition) is 1. The van der Waals surface area contributed by atoms with Crippen molar-refractivity contribution in [1.82, 2.24) is 9.88 Å². The van der Waals surface area contributed by atoms with Gasteiger partial charge in [-0.2, -0.15) is 0 Å². The number of aromatic nitrogens is 1. The lowest BCUT2D eigenvalue weighted by Crippen LogP contribution is -2.38. The molecule has 4 heteroatoms. The molecule has 2 aromatic rings. The number of benzene rings is 1. The summed E-state index contributed by atoms with van der Waals surface area (Å²) in [5.74, 6) is 0.379. The zero-order chi connectivity index (χ0) is 18.5. The summed E-state index contributed by atoms with van der Waals surface area (Å²) in [4.78, 5) is 30.5. The third kappa shape index (κ3) is 4.35. The number of nitrogens with zero attached hydrogens (tertiary/aromatic N) is 1. The molecule has 1 aliphatic carbocycles. The molecule has 140 valence electrons. The summed E-state index contributed by atoms with van der Waals surface area (Å²) >= 11 is 0. The van der Waals surface area contributed by atoms with E-state index in [9.17, 15) is 9.59 Å². The van der Waals surface area contributed by atoms with E-state index in [2.05, 4.69) is 11.9 Å². The van der Waals surface area contributed by atoms with Crippen LogP contribution in [0.2, 0.25) is 0 Å². The summed E-state index contributed by atoms with van der Waals surface area (Å²) in [5, 5.41) is 1.02. The molecule has 4 nitrogen and oxygen atoms in total. The van der Waals surface area contributed by atoms with Gasteiger partial charge in [-0.1, -0.05) is 44.7 Å². The largest absolute Gasteiger partial charge is 0.338 e. The van der Waals surface area contributed by atoms with Crippen molar-refractivity contribution >= 4 is 16.8 Å². The number of nitrogens with one attached hydrogen (secondary N) is 1. The number of pyridine rings is 1. The molecule has 0 saturated heterocycles. The van der Waals surface area contributed by atoms with Crippen molar-refractivity contribution in [3.05, 3.63) is 45.7 Å². The minimum atomic E-state index is -0.0824. The average molecular weight is 354 g/mol. The second-order valence-corrected chi connectivity index (χ2v) is 7.66.